The molecular formula is C15H17FN2. The fourth-order valence-electron chi connectivity index (χ4n) is 1.79. The van der Waals surface area contributed by atoms with Gasteiger partial charge in [0.2, 0.25) is 0 Å². The van der Waals surface area contributed by atoms with Crippen LogP contribution in [-0.2, 0) is 6.42 Å². The fraction of sp³-hybridized carbons (Fsp3) is 0.267. The van der Waals surface area contributed by atoms with Gasteiger partial charge in [-0.05, 0) is 41.7 Å². The summed E-state index contributed by atoms with van der Waals surface area (Å²) in [7, 11) is 0. The Balaban J connectivity index is 2.37. The van der Waals surface area contributed by atoms with Crippen LogP contribution in [-0.4, -0.2) is 9.78 Å². The highest BCUT2D eigenvalue weighted by Crippen LogP contribution is 2.18. The lowest BCUT2D eigenvalue weighted by atomic mass is 10.1. The molecule has 0 saturated heterocycles. The van der Waals surface area contributed by atoms with E-state index in [9.17, 15) is 4.39 Å². The highest BCUT2D eigenvalue weighted by atomic mass is 19.1. The Bertz CT molecular complexity index is 555. The minimum atomic E-state index is -0.199. The number of hydrogen-bond donors (Lipinski definition) is 0. The number of nitrogens with zero attached hydrogens (tertiary/aromatic N) is 2. The van der Waals surface area contributed by atoms with Gasteiger partial charge in [-0.15, -0.1) is 6.58 Å². The fourth-order valence-corrected chi connectivity index (χ4v) is 1.79. The van der Waals surface area contributed by atoms with Crippen LogP contribution in [0.25, 0.3) is 5.69 Å². The van der Waals surface area contributed by atoms with E-state index in [1.54, 1.807) is 16.8 Å². The van der Waals surface area contributed by atoms with Gasteiger partial charge in [0.25, 0.3) is 0 Å². The van der Waals surface area contributed by atoms with Crippen molar-refractivity contribution in [2.24, 2.45) is 0 Å². The first-order valence-electron chi connectivity index (χ1n) is 6.06. The molecule has 3 heteroatoms. The summed E-state index contributed by atoms with van der Waals surface area (Å²) in [5.41, 5.74) is 2.69. The van der Waals surface area contributed by atoms with E-state index in [4.69, 9.17) is 0 Å². The quantitative estimate of drug-likeness (QED) is 0.747. The molecule has 0 amide bonds. The molecule has 0 unspecified atom stereocenters. The molecule has 0 aliphatic heterocycles. The summed E-state index contributed by atoms with van der Waals surface area (Å²) in [6.45, 7) is 7.88. The Labute approximate surface area is 107 Å². The average Bonchev–Trinajstić information content (AvgIpc) is 2.82. The van der Waals surface area contributed by atoms with Crippen LogP contribution in [0.1, 0.15) is 30.9 Å². The second-order valence-corrected chi connectivity index (χ2v) is 4.64. The Kier molecular flexibility index (Phi) is 3.60. The second-order valence-electron chi connectivity index (χ2n) is 4.64. The van der Waals surface area contributed by atoms with E-state index in [1.165, 1.54) is 11.6 Å². The number of rotatable bonds is 4. The average molecular weight is 244 g/mol. The molecule has 2 aromatic rings. The van der Waals surface area contributed by atoms with Crippen molar-refractivity contribution in [1.82, 2.24) is 9.78 Å². The van der Waals surface area contributed by atoms with Crippen molar-refractivity contribution in [3.8, 4) is 5.69 Å². The van der Waals surface area contributed by atoms with Gasteiger partial charge in [-0.25, -0.2) is 9.07 Å². The Morgan fingerprint density at radius 3 is 2.83 bits per heavy atom. The highest BCUT2D eigenvalue weighted by Gasteiger charge is 2.07. The molecule has 2 nitrogen and oxygen atoms in total. The topological polar surface area (TPSA) is 17.8 Å². The predicted octanol–water partition coefficient (Wildman–Crippen LogP) is 3.86. The normalized spacial score (nSPS) is 10.9. The molecule has 0 spiro atoms. The zero-order valence-corrected chi connectivity index (χ0v) is 10.7. The first kappa shape index (κ1) is 12.6. The van der Waals surface area contributed by atoms with E-state index in [0.717, 1.165) is 5.69 Å². The lowest BCUT2D eigenvalue weighted by Gasteiger charge is -2.05. The van der Waals surface area contributed by atoms with Crippen molar-refractivity contribution in [3.63, 3.8) is 0 Å². The smallest absolute Gasteiger partial charge is 0.126 e. The molecule has 0 radical (unpaired) electrons. The predicted molar refractivity (Wildman–Crippen MR) is 71.5 cm³/mol. The lowest BCUT2D eigenvalue weighted by molar-refractivity contribution is 0.614. The maximum Gasteiger partial charge on any atom is 0.126 e. The van der Waals surface area contributed by atoms with Crippen molar-refractivity contribution in [3.05, 3.63) is 60.2 Å². The summed E-state index contributed by atoms with van der Waals surface area (Å²) in [4.78, 5) is 0. The second kappa shape index (κ2) is 5.17. The van der Waals surface area contributed by atoms with E-state index in [-0.39, 0.29) is 5.82 Å². The molecule has 2 rings (SSSR count). The molecule has 0 atom stereocenters. The van der Waals surface area contributed by atoms with Gasteiger partial charge >= 0.3 is 0 Å². The summed E-state index contributed by atoms with van der Waals surface area (Å²) >= 11 is 0. The third-order valence-electron chi connectivity index (χ3n) is 2.93. The van der Waals surface area contributed by atoms with Gasteiger partial charge in [-0.2, -0.15) is 5.10 Å². The third-order valence-corrected chi connectivity index (χ3v) is 2.93. The molecule has 94 valence electrons. The molecule has 1 aromatic heterocycles. The standard InChI is InChI=1S/C15H17FN2/c1-4-5-12-8-14(6-7-15(12)16)18-10-13(9-17-18)11(2)3/h4,6-11H,1,5H2,2-3H3. The highest BCUT2D eigenvalue weighted by molar-refractivity contribution is 5.37. The molecule has 1 heterocycles. The van der Waals surface area contributed by atoms with Crippen molar-refractivity contribution >= 4 is 0 Å². The Morgan fingerprint density at radius 2 is 2.22 bits per heavy atom. The van der Waals surface area contributed by atoms with Gasteiger partial charge in [0, 0.05) is 6.20 Å². The monoisotopic (exact) mass is 244 g/mol. The SMILES string of the molecule is C=CCc1cc(-n2cc(C(C)C)cn2)ccc1F. The number of halogens is 1. The minimum Gasteiger partial charge on any atom is -0.241 e. The number of aromatic nitrogens is 2. The zero-order chi connectivity index (χ0) is 13.1. The van der Waals surface area contributed by atoms with Crippen LogP contribution < -0.4 is 0 Å². The molecule has 0 bridgehead atoms. The molecular weight excluding hydrogens is 227 g/mol. The van der Waals surface area contributed by atoms with Gasteiger partial charge in [-0.3, -0.25) is 0 Å². The van der Waals surface area contributed by atoms with Crippen LogP contribution in [0.2, 0.25) is 0 Å². The van der Waals surface area contributed by atoms with Crippen LogP contribution >= 0.6 is 0 Å². The summed E-state index contributed by atoms with van der Waals surface area (Å²) < 4.78 is 15.3. The summed E-state index contributed by atoms with van der Waals surface area (Å²) in [6, 6.07) is 5.03. The van der Waals surface area contributed by atoms with Crippen molar-refractivity contribution in [2.75, 3.05) is 0 Å². The molecule has 0 aliphatic rings. The lowest BCUT2D eigenvalue weighted by Crippen LogP contribution is -1.97. The Hall–Kier alpha value is -1.90. The van der Waals surface area contributed by atoms with Crippen molar-refractivity contribution < 1.29 is 4.39 Å². The van der Waals surface area contributed by atoms with Gasteiger partial charge < -0.3 is 0 Å². The molecule has 0 saturated carbocycles. The number of allylic oxidation sites excluding steroid dienone is 1. The first-order chi connectivity index (χ1) is 8.61. The van der Waals surface area contributed by atoms with E-state index >= 15 is 0 Å². The van der Waals surface area contributed by atoms with Crippen LogP contribution in [0, 0.1) is 5.82 Å². The molecule has 0 fully saturated rings. The van der Waals surface area contributed by atoms with Crippen molar-refractivity contribution in [2.45, 2.75) is 26.2 Å². The molecule has 1 aromatic carbocycles. The molecule has 0 N–H and O–H groups in total. The van der Waals surface area contributed by atoms with Crippen LogP contribution in [0.4, 0.5) is 4.39 Å². The van der Waals surface area contributed by atoms with Gasteiger partial charge in [0.15, 0.2) is 0 Å². The third kappa shape index (κ3) is 2.50. The van der Waals surface area contributed by atoms with E-state index < -0.39 is 0 Å². The molecule has 18 heavy (non-hydrogen) atoms. The Morgan fingerprint density at radius 1 is 1.44 bits per heavy atom. The summed E-state index contributed by atoms with van der Waals surface area (Å²) in [6.07, 6.45) is 6.06. The van der Waals surface area contributed by atoms with Gasteiger partial charge in [0.05, 0.1) is 11.9 Å². The van der Waals surface area contributed by atoms with E-state index in [1.807, 2.05) is 18.5 Å². The van der Waals surface area contributed by atoms with E-state index in [0.29, 0.717) is 17.9 Å². The first-order valence-corrected chi connectivity index (χ1v) is 6.06. The molecule has 0 aliphatic carbocycles. The number of benzene rings is 1. The van der Waals surface area contributed by atoms with Gasteiger partial charge in [0.1, 0.15) is 5.82 Å². The minimum absolute atomic E-state index is 0.199. The van der Waals surface area contributed by atoms with Gasteiger partial charge in [-0.1, -0.05) is 19.9 Å². The zero-order valence-electron chi connectivity index (χ0n) is 10.7. The van der Waals surface area contributed by atoms with Crippen molar-refractivity contribution in [1.29, 1.82) is 0 Å². The van der Waals surface area contributed by atoms with Crippen LogP contribution in [0.15, 0.2) is 43.2 Å². The number of hydrogen-bond acceptors (Lipinski definition) is 1. The van der Waals surface area contributed by atoms with Crippen LogP contribution in [0.3, 0.4) is 0 Å². The summed E-state index contributed by atoms with van der Waals surface area (Å²) in [5, 5.41) is 4.31. The maximum atomic E-state index is 13.5. The van der Waals surface area contributed by atoms with Crippen LogP contribution in [0.5, 0.6) is 0 Å². The summed E-state index contributed by atoms with van der Waals surface area (Å²) in [5.74, 6) is 0.238. The van der Waals surface area contributed by atoms with E-state index in [2.05, 4.69) is 25.5 Å². The maximum absolute atomic E-state index is 13.5. The largest absolute Gasteiger partial charge is 0.241 e.